The van der Waals surface area contributed by atoms with Crippen LogP contribution in [0.3, 0.4) is 0 Å². The molecule has 0 radical (unpaired) electrons. The quantitative estimate of drug-likeness (QED) is 0.811. The van der Waals surface area contributed by atoms with Gasteiger partial charge in [-0.1, -0.05) is 48.5 Å². The number of Topliss-reactive ketones (excluding diaryl/α,β-unsaturated/α-hetero) is 1. The zero-order valence-electron chi connectivity index (χ0n) is 12.4. The van der Waals surface area contributed by atoms with Gasteiger partial charge in [0.2, 0.25) is 5.91 Å². The van der Waals surface area contributed by atoms with Crippen molar-refractivity contribution in [1.29, 1.82) is 0 Å². The highest BCUT2D eigenvalue weighted by Gasteiger charge is 2.43. The van der Waals surface area contributed by atoms with Crippen LogP contribution in [0.2, 0.25) is 0 Å². The van der Waals surface area contributed by atoms with E-state index in [0.717, 1.165) is 5.56 Å². The summed E-state index contributed by atoms with van der Waals surface area (Å²) in [6, 6.07) is 16.4. The molecule has 3 heteroatoms. The number of ketones is 1. The Balaban J connectivity index is 2.11. The number of nitrogens with zero attached hydrogens (tertiary/aromatic N) is 1. The number of amides is 1. The summed E-state index contributed by atoms with van der Waals surface area (Å²) < 4.78 is 0. The van der Waals surface area contributed by atoms with Crippen LogP contribution in [0.25, 0.3) is 0 Å². The largest absolute Gasteiger partial charge is 0.300 e. The number of hydrogen-bond donors (Lipinski definition) is 0. The van der Waals surface area contributed by atoms with Crippen LogP contribution in [0, 0.1) is 0 Å². The van der Waals surface area contributed by atoms with Crippen LogP contribution in [0.5, 0.6) is 0 Å². The Morgan fingerprint density at radius 1 is 1.14 bits per heavy atom. The van der Waals surface area contributed by atoms with Crippen LogP contribution in [0.1, 0.15) is 28.8 Å². The van der Waals surface area contributed by atoms with Crippen LogP contribution in [0.4, 0.5) is 5.69 Å². The molecule has 0 aromatic heterocycles. The molecule has 1 amide bonds. The van der Waals surface area contributed by atoms with Crippen LogP contribution >= 0.6 is 0 Å². The van der Waals surface area contributed by atoms with Crippen LogP contribution in [-0.4, -0.2) is 17.7 Å². The van der Waals surface area contributed by atoms with Crippen molar-refractivity contribution < 1.29 is 9.59 Å². The Hall–Kier alpha value is -2.68. The van der Waals surface area contributed by atoms with Gasteiger partial charge in [-0.05, 0) is 17.7 Å². The van der Waals surface area contributed by atoms with Crippen molar-refractivity contribution in [3.05, 3.63) is 78.4 Å². The number of rotatable bonds is 3. The standard InChI is InChI=1S/C19H17NO2/c1-3-15(14-9-5-4-6-10-14)18-19(22)16-11-7-8-12-17(16)20(18)13(2)21/h3-12,15,18H,1H2,2H3. The Bertz CT molecular complexity index is 736. The van der Waals surface area contributed by atoms with Crippen molar-refractivity contribution in [2.45, 2.75) is 18.9 Å². The van der Waals surface area contributed by atoms with E-state index in [2.05, 4.69) is 6.58 Å². The Labute approximate surface area is 129 Å². The smallest absolute Gasteiger partial charge is 0.224 e. The average Bonchev–Trinajstić information content (AvgIpc) is 2.83. The van der Waals surface area contributed by atoms with E-state index in [1.807, 2.05) is 48.5 Å². The van der Waals surface area contributed by atoms with Gasteiger partial charge in [0.1, 0.15) is 6.04 Å². The molecule has 0 bridgehead atoms. The molecule has 2 aromatic carbocycles. The van der Waals surface area contributed by atoms with Gasteiger partial charge in [0.15, 0.2) is 5.78 Å². The van der Waals surface area contributed by atoms with Crippen molar-refractivity contribution >= 4 is 17.4 Å². The first-order valence-corrected chi connectivity index (χ1v) is 7.25. The summed E-state index contributed by atoms with van der Waals surface area (Å²) in [6.07, 6.45) is 1.75. The van der Waals surface area contributed by atoms with Crippen molar-refractivity contribution in [2.24, 2.45) is 0 Å². The van der Waals surface area contributed by atoms with Gasteiger partial charge >= 0.3 is 0 Å². The number of carbonyl (C=O) groups is 2. The lowest BCUT2D eigenvalue weighted by Gasteiger charge is -2.28. The lowest BCUT2D eigenvalue weighted by Crippen LogP contribution is -2.42. The highest BCUT2D eigenvalue weighted by molar-refractivity contribution is 6.18. The molecule has 0 fully saturated rings. The molecule has 110 valence electrons. The summed E-state index contributed by atoms with van der Waals surface area (Å²) in [5.41, 5.74) is 2.27. The van der Waals surface area contributed by atoms with Crippen LogP contribution in [0.15, 0.2) is 67.3 Å². The maximum Gasteiger partial charge on any atom is 0.224 e. The van der Waals surface area contributed by atoms with Crippen LogP contribution < -0.4 is 4.90 Å². The Morgan fingerprint density at radius 2 is 1.77 bits per heavy atom. The molecule has 0 aliphatic carbocycles. The van der Waals surface area contributed by atoms with Gasteiger partial charge in [0.25, 0.3) is 0 Å². The molecule has 0 saturated carbocycles. The summed E-state index contributed by atoms with van der Waals surface area (Å²) in [6.45, 7) is 5.38. The van der Waals surface area contributed by atoms with E-state index in [0.29, 0.717) is 11.3 Å². The van der Waals surface area contributed by atoms with Crippen molar-refractivity contribution in [3.8, 4) is 0 Å². The minimum atomic E-state index is -0.560. The second kappa shape index (κ2) is 5.60. The molecule has 2 atom stereocenters. The van der Waals surface area contributed by atoms with Gasteiger partial charge in [0, 0.05) is 18.4 Å². The highest BCUT2D eigenvalue weighted by atomic mass is 16.2. The minimum Gasteiger partial charge on any atom is -0.300 e. The molecule has 0 N–H and O–H groups in total. The number of anilines is 1. The summed E-state index contributed by atoms with van der Waals surface area (Å²) >= 11 is 0. The second-order valence-corrected chi connectivity index (χ2v) is 5.39. The van der Waals surface area contributed by atoms with Crippen molar-refractivity contribution in [3.63, 3.8) is 0 Å². The molecule has 22 heavy (non-hydrogen) atoms. The number of benzene rings is 2. The molecule has 0 spiro atoms. The third kappa shape index (κ3) is 2.15. The Morgan fingerprint density at radius 3 is 2.41 bits per heavy atom. The highest BCUT2D eigenvalue weighted by Crippen LogP contribution is 2.38. The number of hydrogen-bond acceptors (Lipinski definition) is 2. The topological polar surface area (TPSA) is 37.4 Å². The molecule has 1 aliphatic rings. The zero-order chi connectivity index (χ0) is 15.7. The molecule has 0 saturated heterocycles. The van der Waals surface area contributed by atoms with Crippen molar-refractivity contribution in [2.75, 3.05) is 4.90 Å². The van der Waals surface area contributed by atoms with Gasteiger partial charge < -0.3 is 4.90 Å². The molecule has 2 aromatic rings. The van der Waals surface area contributed by atoms with E-state index in [-0.39, 0.29) is 17.6 Å². The van der Waals surface area contributed by atoms with Gasteiger partial charge in [0.05, 0.1) is 5.69 Å². The van der Waals surface area contributed by atoms with Gasteiger partial charge in [-0.15, -0.1) is 6.58 Å². The molecule has 3 rings (SSSR count). The Kier molecular flexibility index (Phi) is 3.63. The van der Waals surface area contributed by atoms with E-state index >= 15 is 0 Å². The van der Waals surface area contributed by atoms with E-state index in [1.54, 1.807) is 17.0 Å². The zero-order valence-corrected chi connectivity index (χ0v) is 12.4. The molecular weight excluding hydrogens is 274 g/mol. The predicted octanol–water partition coefficient (Wildman–Crippen LogP) is 3.57. The summed E-state index contributed by atoms with van der Waals surface area (Å²) in [7, 11) is 0. The van der Waals surface area contributed by atoms with E-state index in [9.17, 15) is 9.59 Å². The third-order valence-electron chi connectivity index (χ3n) is 4.09. The average molecular weight is 291 g/mol. The first-order chi connectivity index (χ1) is 10.6. The first kappa shape index (κ1) is 14.3. The fourth-order valence-electron chi connectivity index (χ4n) is 3.13. The first-order valence-electron chi connectivity index (χ1n) is 7.25. The number of para-hydroxylation sites is 1. The fraction of sp³-hybridized carbons (Fsp3) is 0.158. The molecule has 1 heterocycles. The lowest BCUT2D eigenvalue weighted by atomic mass is 9.88. The van der Waals surface area contributed by atoms with E-state index in [4.69, 9.17) is 0 Å². The van der Waals surface area contributed by atoms with Gasteiger partial charge in [-0.25, -0.2) is 0 Å². The van der Waals surface area contributed by atoms with Crippen molar-refractivity contribution in [1.82, 2.24) is 0 Å². The fourth-order valence-corrected chi connectivity index (χ4v) is 3.13. The van der Waals surface area contributed by atoms with E-state index < -0.39 is 6.04 Å². The lowest BCUT2D eigenvalue weighted by molar-refractivity contribution is -0.116. The SMILES string of the molecule is C=CC(c1ccccc1)C1C(=O)c2ccccc2N1C(C)=O. The molecule has 1 aliphatic heterocycles. The molecular formula is C19H17NO2. The number of carbonyl (C=O) groups excluding carboxylic acids is 2. The maximum atomic E-state index is 12.8. The van der Waals surface area contributed by atoms with Gasteiger partial charge in [-0.3, -0.25) is 9.59 Å². The predicted molar refractivity (Wildman–Crippen MR) is 87.1 cm³/mol. The van der Waals surface area contributed by atoms with Crippen LogP contribution in [-0.2, 0) is 4.79 Å². The minimum absolute atomic E-state index is 0.0282. The third-order valence-corrected chi connectivity index (χ3v) is 4.09. The summed E-state index contributed by atoms with van der Waals surface area (Å²) in [5, 5.41) is 0. The summed E-state index contributed by atoms with van der Waals surface area (Å²) in [4.78, 5) is 26.6. The second-order valence-electron chi connectivity index (χ2n) is 5.39. The monoisotopic (exact) mass is 291 g/mol. The normalized spacial score (nSPS) is 18.0. The summed E-state index contributed by atoms with van der Waals surface area (Å²) in [5.74, 6) is -0.393. The van der Waals surface area contributed by atoms with E-state index in [1.165, 1.54) is 6.92 Å². The number of fused-ring (bicyclic) bond motifs is 1. The maximum absolute atomic E-state index is 12.8. The molecule has 2 unspecified atom stereocenters. The van der Waals surface area contributed by atoms with Gasteiger partial charge in [-0.2, -0.15) is 0 Å². The molecule has 3 nitrogen and oxygen atoms in total.